The first-order valence-corrected chi connectivity index (χ1v) is 8.87. The van der Waals surface area contributed by atoms with Crippen LogP contribution in [0.2, 0.25) is 0 Å². The van der Waals surface area contributed by atoms with Gasteiger partial charge in [-0.15, -0.1) is 0 Å². The largest absolute Gasteiger partial charge is 0.481 e. The monoisotopic (exact) mass is 390 g/mol. The predicted octanol–water partition coefficient (Wildman–Crippen LogP) is 4.27. The molecule has 2 aliphatic carbocycles. The number of hydrogen-bond donors (Lipinski definition) is 1. The highest BCUT2D eigenvalue weighted by molar-refractivity contribution is 9.10. The van der Waals surface area contributed by atoms with Gasteiger partial charge >= 0.3 is 5.97 Å². The van der Waals surface area contributed by atoms with Crippen molar-refractivity contribution in [3.05, 3.63) is 45.9 Å². The van der Waals surface area contributed by atoms with Gasteiger partial charge in [0.25, 0.3) is 0 Å². The van der Waals surface area contributed by atoms with Crippen molar-refractivity contribution in [2.24, 2.45) is 5.92 Å². The van der Waals surface area contributed by atoms with Crippen molar-refractivity contribution in [1.82, 2.24) is 0 Å². The zero-order valence-electron chi connectivity index (χ0n) is 13.6. The topological polar surface area (TPSA) is 55.8 Å². The van der Waals surface area contributed by atoms with E-state index in [1.54, 1.807) is 14.2 Å². The molecule has 1 N–H and O–H groups in total. The van der Waals surface area contributed by atoms with E-state index in [4.69, 9.17) is 9.47 Å². The summed E-state index contributed by atoms with van der Waals surface area (Å²) in [6.45, 7) is 0. The van der Waals surface area contributed by atoms with Crippen LogP contribution in [0, 0.1) is 5.92 Å². The molecule has 0 radical (unpaired) electrons. The van der Waals surface area contributed by atoms with Crippen molar-refractivity contribution in [2.75, 3.05) is 14.2 Å². The molecule has 0 spiro atoms. The first kappa shape index (κ1) is 16.1. The van der Waals surface area contributed by atoms with Crippen LogP contribution in [0.4, 0.5) is 0 Å². The first-order chi connectivity index (χ1) is 11.5. The summed E-state index contributed by atoms with van der Waals surface area (Å²) in [5.74, 6) is -2.12. The number of methoxy groups -OCH3 is 2. The fourth-order valence-electron chi connectivity index (χ4n) is 4.79. The summed E-state index contributed by atoms with van der Waals surface area (Å²) in [6.07, 6.45) is 1.05. The molecular weight excluding hydrogens is 372 g/mol. The number of ether oxygens (including phenoxy) is 2. The second kappa shape index (κ2) is 5.55. The Hall–Kier alpha value is -1.43. The molecule has 4 rings (SSSR count). The van der Waals surface area contributed by atoms with Crippen LogP contribution in [0.5, 0.6) is 0 Å². The summed E-state index contributed by atoms with van der Waals surface area (Å²) in [7, 11) is 3.32. The molecule has 0 aliphatic heterocycles. The summed E-state index contributed by atoms with van der Waals surface area (Å²) in [5.41, 5.74) is 2.24. The number of aliphatic carboxylic acids is 1. The average Bonchev–Trinajstić information content (AvgIpc) is 2.59. The van der Waals surface area contributed by atoms with Crippen molar-refractivity contribution in [3.63, 3.8) is 0 Å². The van der Waals surface area contributed by atoms with E-state index in [2.05, 4.69) is 34.1 Å². The van der Waals surface area contributed by atoms with E-state index in [0.717, 1.165) is 21.0 Å². The van der Waals surface area contributed by atoms with Gasteiger partial charge in [-0.2, -0.15) is 0 Å². The number of fused-ring (bicyclic) bond motifs is 4. The fourth-order valence-corrected chi connectivity index (χ4v) is 5.25. The third kappa shape index (κ3) is 1.95. The molecule has 0 amide bonds. The van der Waals surface area contributed by atoms with Crippen molar-refractivity contribution in [1.29, 1.82) is 0 Å². The molecule has 2 aromatic carbocycles. The molecule has 0 unspecified atom stereocenters. The van der Waals surface area contributed by atoms with E-state index >= 15 is 0 Å². The van der Waals surface area contributed by atoms with Crippen LogP contribution in [0.1, 0.15) is 35.8 Å². The minimum Gasteiger partial charge on any atom is -0.481 e. The normalized spacial score (nSPS) is 27.2. The Bertz CT molecular complexity index is 805. The van der Waals surface area contributed by atoms with Gasteiger partial charge in [-0.05, 0) is 40.8 Å². The number of carbonyl (C=O) groups is 1. The van der Waals surface area contributed by atoms with Crippen LogP contribution in [-0.4, -0.2) is 31.1 Å². The molecule has 2 aromatic rings. The molecule has 24 heavy (non-hydrogen) atoms. The second-order valence-electron chi connectivity index (χ2n) is 6.65. The fraction of sp³-hybridized carbons (Fsp3) is 0.421. The van der Waals surface area contributed by atoms with Gasteiger partial charge in [0.15, 0.2) is 5.79 Å². The van der Waals surface area contributed by atoms with Gasteiger partial charge in [0, 0.05) is 30.5 Å². The van der Waals surface area contributed by atoms with Crippen molar-refractivity contribution in [3.8, 4) is 0 Å². The number of rotatable bonds is 3. The van der Waals surface area contributed by atoms with Crippen LogP contribution in [-0.2, 0) is 14.3 Å². The quantitative estimate of drug-likeness (QED) is 0.795. The van der Waals surface area contributed by atoms with Crippen molar-refractivity contribution >= 4 is 32.7 Å². The number of halogens is 1. The smallest absolute Gasteiger partial charge is 0.306 e. The molecule has 1 saturated carbocycles. The van der Waals surface area contributed by atoms with Gasteiger partial charge in [0.05, 0.1) is 5.92 Å². The molecule has 4 nitrogen and oxygen atoms in total. The Labute approximate surface area is 148 Å². The molecule has 2 bridgehead atoms. The molecule has 0 aromatic heterocycles. The zero-order chi connectivity index (χ0) is 17.1. The minimum absolute atomic E-state index is 0.0992. The number of carboxylic acid groups (broad SMARTS) is 1. The Balaban J connectivity index is 2.04. The Kier molecular flexibility index (Phi) is 3.71. The lowest BCUT2D eigenvalue weighted by Crippen LogP contribution is -2.53. The molecule has 126 valence electrons. The number of hydrogen-bond acceptors (Lipinski definition) is 3. The van der Waals surface area contributed by atoms with E-state index in [0.29, 0.717) is 12.8 Å². The highest BCUT2D eigenvalue weighted by Gasteiger charge is 2.57. The van der Waals surface area contributed by atoms with Crippen LogP contribution in [0.25, 0.3) is 10.8 Å². The van der Waals surface area contributed by atoms with E-state index in [-0.39, 0.29) is 17.8 Å². The van der Waals surface area contributed by atoms with Gasteiger partial charge in [-0.3, -0.25) is 4.79 Å². The van der Waals surface area contributed by atoms with Crippen LogP contribution >= 0.6 is 15.9 Å². The van der Waals surface area contributed by atoms with Gasteiger partial charge < -0.3 is 14.6 Å². The Morgan fingerprint density at radius 3 is 2.33 bits per heavy atom. The van der Waals surface area contributed by atoms with Crippen LogP contribution in [0.3, 0.4) is 0 Å². The summed E-state index contributed by atoms with van der Waals surface area (Å²) >= 11 is 3.64. The van der Waals surface area contributed by atoms with Crippen LogP contribution < -0.4 is 0 Å². The zero-order valence-corrected chi connectivity index (χ0v) is 15.2. The second-order valence-corrected chi connectivity index (χ2v) is 7.50. The van der Waals surface area contributed by atoms with E-state index in [9.17, 15) is 9.90 Å². The summed E-state index contributed by atoms with van der Waals surface area (Å²) in [4.78, 5) is 11.7. The lowest BCUT2D eigenvalue weighted by molar-refractivity contribution is -0.254. The molecule has 1 fully saturated rings. The van der Waals surface area contributed by atoms with E-state index in [1.165, 1.54) is 5.39 Å². The van der Waals surface area contributed by atoms with Crippen molar-refractivity contribution < 1.29 is 19.4 Å². The highest BCUT2D eigenvalue weighted by atomic mass is 79.9. The van der Waals surface area contributed by atoms with Crippen LogP contribution in [0.15, 0.2) is 34.8 Å². The predicted molar refractivity (Wildman–Crippen MR) is 94.2 cm³/mol. The standard InChI is InChI=1S/C19H19BrO4/c1-23-19(24-2)14-8-10(18(21)22)9-15(19)12-6-7-16(20)13-5-3-4-11(14)17(12)13/h3-7,10,14-15H,8-9H2,1-2H3,(H,21,22)/t10-,14-,15+/m1/s1. The summed E-state index contributed by atoms with van der Waals surface area (Å²) in [6, 6.07) is 10.3. The molecule has 2 aliphatic rings. The Morgan fingerprint density at radius 2 is 1.75 bits per heavy atom. The molecule has 5 heteroatoms. The SMILES string of the molecule is COC1(OC)[C@@H]2C[C@@H](C(=O)O)C[C@H]1c1ccc(Br)c3cccc2c13. The lowest BCUT2D eigenvalue weighted by atomic mass is 9.61. The first-order valence-electron chi connectivity index (χ1n) is 8.07. The molecule has 3 atom stereocenters. The Morgan fingerprint density at radius 1 is 1.12 bits per heavy atom. The molecular formula is C19H19BrO4. The van der Waals surface area contributed by atoms with E-state index < -0.39 is 11.8 Å². The minimum atomic E-state index is -0.805. The van der Waals surface area contributed by atoms with Gasteiger partial charge in [-0.25, -0.2) is 0 Å². The third-order valence-electron chi connectivity index (χ3n) is 5.80. The maximum atomic E-state index is 11.7. The van der Waals surface area contributed by atoms with Gasteiger partial charge in [-0.1, -0.05) is 40.2 Å². The molecule has 0 saturated heterocycles. The van der Waals surface area contributed by atoms with Gasteiger partial charge in [0.2, 0.25) is 0 Å². The maximum Gasteiger partial charge on any atom is 0.306 e. The van der Waals surface area contributed by atoms with E-state index in [1.807, 2.05) is 12.1 Å². The van der Waals surface area contributed by atoms with Gasteiger partial charge in [0.1, 0.15) is 0 Å². The highest BCUT2D eigenvalue weighted by Crippen LogP contribution is 2.59. The molecule has 0 heterocycles. The average molecular weight is 391 g/mol. The lowest BCUT2D eigenvalue weighted by Gasteiger charge is -2.52. The number of carboxylic acids is 1. The maximum absolute atomic E-state index is 11.7. The number of benzene rings is 2. The van der Waals surface area contributed by atoms with Crippen molar-refractivity contribution in [2.45, 2.75) is 30.5 Å². The third-order valence-corrected chi connectivity index (χ3v) is 6.49. The summed E-state index contributed by atoms with van der Waals surface area (Å²) < 4.78 is 12.9. The summed E-state index contributed by atoms with van der Waals surface area (Å²) in [5, 5.41) is 12.0.